The molecule has 4 rings (SSSR count). The van der Waals surface area contributed by atoms with Gasteiger partial charge in [-0.05, 0) is 88.4 Å². The number of hydrogen-bond acceptors (Lipinski definition) is 5. The first-order valence-electron chi connectivity index (χ1n) is 12.4. The highest BCUT2D eigenvalue weighted by Gasteiger charge is 2.39. The fraction of sp³-hybridized carbons (Fsp3) is 0.321. The lowest BCUT2D eigenvalue weighted by Crippen LogP contribution is -2.60. The van der Waals surface area contributed by atoms with Crippen molar-refractivity contribution in [2.45, 2.75) is 45.4 Å². The van der Waals surface area contributed by atoms with Gasteiger partial charge in [-0.1, -0.05) is 23.2 Å². The van der Waals surface area contributed by atoms with Crippen LogP contribution >= 0.6 is 23.2 Å². The standard InChI is InChI=1S/C28H31Cl2N5O4/c1-17(33(5)27(38)39-28(2,3)4)25(36)32-24-15-14-23-22(31-24)16-34(20-10-6-18(29)7-11-20)26(37)35(23)21-12-8-19(30)9-13-21/h6-15,17,22,31H,16H2,1-5H3,(H,32,36)/t17-,22?/m0/s1. The Morgan fingerprint density at radius 2 is 1.59 bits per heavy atom. The second kappa shape index (κ2) is 11.2. The molecule has 0 saturated carbocycles. The summed E-state index contributed by atoms with van der Waals surface area (Å²) >= 11 is 12.2. The number of likely N-dealkylation sites (N-methyl/N-ethyl adjacent to an activating group) is 1. The van der Waals surface area contributed by atoms with Crippen molar-refractivity contribution in [3.05, 3.63) is 82.2 Å². The van der Waals surface area contributed by atoms with Crippen molar-refractivity contribution in [3.63, 3.8) is 0 Å². The molecule has 1 unspecified atom stereocenters. The number of nitrogens with zero attached hydrogens (tertiary/aromatic N) is 3. The monoisotopic (exact) mass is 571 g/mol. The van der Waals surface area contributed by atoms with E-state index in [1.165, 1.54) is 11.9 Å². The van der Waals surface area contributed by atoms with Crippen LogP contribution in [0, 0.1) is 0 Å². The van der Waals surface area contributed by atoms with E-state index in [4.69, 9.17) is 27.9 Å². The van der Waals surface area contributed by atoms with Gasteiger partial charge in [0.05, 0.1) is 24.0 Å². The van der Waals surface area contributed by atoms with E-state index in [1.54, 1.807) is 98.2 Å². The zero-order valence-corrected chi connectivity index (χ0v) is 23.9. The van der Waals surface area contributed by atoms with Gasteiger partial charge in [-0.15, -0.1) is 0 Å². The van der Waals surface area contributed by atoms with Crippen molar-refractivity contribution in [1.29, 1.82) is 0 Å². The number of carbonyl (C=O) groups is 3. The summed E-state index contributed by atoms with van der Waals surface area (Å²) in [5, 5.41) is 7.29. The van der Waals surface area contributed by atoms with Crippen LogP contribution in [0.15, 0.2) is 72.2 Å². The number of anilines is 2. The second-order valence-electron chi connectivity index (χ2n) is 10.3. The summed E-state index contributed by atoms with van der Waals surface area (Å²) in [7, 11) is 1.51. The van der Waals surface area contributed by atoms with Gasteiger partial charge in [0.15, 0.2) is 0 Å². The predicted octanol–water partition coefficient (Wildman–Crippen LogP) is 5.51. The largest absolute Gasteiger partial charge is 0.444 e. The number of hydrogen-bond donors (Lipinski definition) is 2. The molecule has 0 radical (unpaired) electrons. The summed E-state index contributed by atoms with van der Waals surface area (Å²) in [6.07, 6.45) is 2.89. The molecule has 1 saturated heterocycles. The zero-order chi connectivity index (χ0) is 28.5. The highest BCUT2D eigenvalue weighted by atomic mass is 35.5. The minimum absolute atomic E-state index is 0.238. The zero-order valence-electron chi connectivity index (χ0n) is 22.4. The number of carbonyl (C=O) groups excluding carboxylic acids is 3. The average Bonchev–Trinajstić information content (AvgIpc) is 2.88. The SMILES string of the molecule is C[C@@H](C(=O)NC1=CC=C2C(CN(c3ccc(Cl)cc3)C(=O)N2c2ccc(Cl)cc2)N1)N(C)C(=O)OC(C)(C)C. The van der Waals surface area contributed by atoms with Gasteiger partial charge in [0, 0.05) is 22.8 Å². The van der Waals surface area contributed by atoms with Crippen LogP contribution in [0.4, 0.5) is 21.0 Å². The lowest BCUT2D eigenvalue weighted by atomic mass is 10.0. The lowest BCUT2D eigenvalue weighted by molar-refractivity contribution is -0.124. The number of allylic oxidation sites excluding steroid dienone is 2. The van der Waals surface area contributed by atoms with Crippen molar-refractivity contribution >= 4 is 52.6 Å². The van der Waals surface area contributed by atoms with Crippen LogP contribution < -0.4 is 20.4 Å². The normalized spacial score (nSPS) is 17.8. The van der Waals surface area contributed by atoms with Crippen molar-refractivity contribution < 1.29 is 19.1 Å². The summed E-state index contributed by atoms with van der Waals surface area (Å²) in [4.78, 5) is 43.6. The van der Waals surface area contributed by atoms with Gasteiger partial charge < -0.3 is 15.4 Å². The number of fused-ring (bicyclic) bond motifs is 1. The quantitative estimate of drug-likeness (QED) is 0.493. The first-order valence-corrected chi connectivity index (χ1v) is 13.2. The maximum atomic E-state index is 13.7. The van der Waals surface area contributed by atoms with E-state index in [-0.39, 0.29) is 12.1 Å². The molecule has 2 N–H and O–H groups in total. The van der Waals surface area contributed by atoms with Crippen molar-refractivity contribution in [2.75, 3.05) is 23.4 Å². The average molecular weight is 572 g/mol. The van der Waals surface area contributed by atoms with Crippen LogP contribution in [-0.2, 0) is 9.53 Å². The number of halogens is 2. The van der Waals surface area contributed by atoms with E-state index in [0.717, 1.165) is 0 Å². The van der Waals surface area contributed by atoms with E-state index in [1.807, 2.05) is 0 Å². The topological polar surface area (TPSA) is 94.2 Å². The summed E-state index contributed by atoms with van der Waals surface area (Å²) in [5.41, 5.74) is 1.36. The second-order valence-corrected chi connectivity index (χ2v) is 11.2. The Labute approximate surface area is 238 Å². The van der Waals surface area contributed by atoms with Gasteiger partial charge in [-0.25, -0.2) is 9.59 Å². The van der Waals surface area contributed by atoms with Gasteiger partial charge in [-0.2, -0.15) is 0 Å². The van der Waals surface area contributed by atoms with Gasteiger partial charge in [0.25, 0.3) is 0 Å². The van der Waals surface area contributed by atoms with Crippen LogP contribution in [0.5, 0.6) is 0 Å². The van der Waals surface area contributed by atoms with Gasteiger partial charge in [0.1, 0.15) is 17.5 Å². The minimum atomic E-state index is -0.794. The molecule has 0 spiro atoms. The van der Waals surface area contributed by atoms with Gasteiger partial charge in [-0.3, -0.25) is 19.5 Å². The third-order valence-electron chi connectivity index (χ3n) is 6.28. The van der Waals surface area contributed by atoms with Crippen molar-refractivity contribution in [3.8, 4) is 0 Å². The molecule has 11 heteroatoms. The summed E-state index contributed by atoms with van der Waals surface area (Å²) in [6, 6.07) is 12.6. The van der Waals surface area contributed by atoms with Gasteiger partial charge in [0.2, 0.25) is 5.91 Å². The molecule has 9 nitrogen and oxygen atoms in total. The molecule has 2 atom stereocenters. The first-order chi connectivity index (χ1) is 18.3. The molecule has 1 fully saturated rings. The van der Waals surface area contributed by atoms with Crippen LogP contribution in [-0.4, -0.2) is 54.2 Å². The summed E-state index contributed by atoms with van der Waals surface area (Å²) in [6.45, 7) is 7.21. The number of urea groups is 1. The molecule has 0 aliphatic carbocycles. The predicted molar refractivity (Wildman–Crippen MR) is 153 cm³/mol. The fourth-order valence-corrected chi connectivity index (χ4v) is 4.38. The van der Waals surface area contributed by atoms with E-state index in [2.05, 4.69) is 10.6 Å². The number of nitrogens with one attached hydrogen (secondary N) is 2. The molecular weight excluding hydrogens is 541 g/mol. The van der Waals surface area contributed by atoms with Gasteiger partial charge >= 0.3 is 12.1 Å². The Morgan fingerprint density at radius 1 is 1.03 bits per heavy atom. The highest BCUT2D eigenvalue weighted by molar-refractivity contribution is 6.31. The molecule has 0 aromatic heterocycles. The molecule has 0 bridgehead atoms. The van der Waals surface area contributed by atoms with Crippen LogP contribution in [0.1, 0.15) is 27.7 Å². The van der Waals surface area contributed by atoms with Crippen LogP contribution in [0.3, 0.4) is 0 Å². The van der Waals surface area contributed by atoms with Crippen molar-refractivity contribution in [1.82, 2.24) is 15.5 Å². The highest BCUT2D eigenvalue weighted by Crippen LogP contribution is 2.33. The number of benzene rings is 2. The maximum Gasteiger partial charge on any atom is 0.410 e. The molecule has 206 valence electrons. The fourth-order valence-electron chi connectivity index (χ4n) is 4.13. The third kappa shape index (κ3) is 6.49. The van der Waals surface area contributed by atoms with E-state index in [9.17, 15) is 14.4 Å². The Kier molecular flexibility index (Phi) is 8.13. The molecule has 2 aliphatic rings. The van der Waals surface area contributed by atoms with E-state index in [0.29, 0.717) is 39.5 Å². The summed E-state index contributed by atoms with van der Waals surface area (Å²) in [5.74, 6) is 0.0506. The smallest absolute Gasteiger partial charge is 0.410 e. The Balaban J connectivity index is 1.58. The molecular formula is C28H31Cl2N5O4. The molecule has 2 aliphatic heterocycles. The Morgan fingerprint density at radius 3 is 2.15 bits per heavy atom. The lowest BCUT2D eigenvalue weighted by Gasteiger charge is -2.44. The van der Waals surface area contributed by atoms with E-state index >= 15 is 0 Å². The molecule has 2 heterocycles. The summed E-state index contributed by atoms with van der Waals surface area (Å²) < 4.78 is 5.37. The Bertz CT molecular complexity index is 1320. The molecule has 4 amide bonds. The maximum absolute atomic E-state index is 13.7. The number of dihydropyridines is 1. The first kappa shape index (κ1) is 28.3. The van der Waals surface area contributed by atoms with Crippen LogP contribution in [0.2, 0.25) is 10.0 Å². The minimum Gasteiger partial charge on any atom is -0.444 e. The van der Waals surface area contributed by atoms with E-state index < -0.39 is 23.6 Å². The number of ether oxygens (including phenoxy) is 1. The molecule has 39 heavy (non-hydrogen) atoms. The number of rotatable bonds is 5. The molecule has 2 aromatic rings. The third-order valence-corrected chi connectivity index (χ3v) is 6.78. The Hall–Kier alpha value is -3.69. The molecule has 2 aromatic carbocycles. The van der Waals surface area contributed by atoms with Crippen LogP contribution in [0.25, 0.3) is 0 Å². The number of amides is 4. The van der Waals surface area contributed by atoms with Crippen molar-refractivity contribution in [2.24, 2.45) is 0 Å².